The van der Waals surface area contributed by atoms with Crippen LogP contribution in [-0.4, -0.2) is 60.5 Å². The molecule has 2 heterocycles. The first-order valence-corrected chi connectivity index (χ1v) is 6.42. The number of hydrogen-bond acceptors (Lipinski definition) is 3. The molecule has 1 N–H and O–H groups in total. The fraction of sp³-hybridized carbons (Fsp3) is 0.917. The molecule has 16 heavy (non-hydrogen) atoms. The third-order valence-electron chi connectivity index (χ3n) is 3.73. The molecule has 2 aliphatic rings. The first kappa shape index (κ1) is 11.9. The zero-order valence-corrected chi connectivity index (χ0v) is 10.4. The Bertz CT molecular complexity index is 255. The number of rotatable bonds is 2. The lowest BCUT2D eigenvalue weighted by Gasteiger charge is -2.42. The molecule has 0 aliphatic carbocycles. The van der Waals surface area contributed by atoms with Crippen LogP contribution in [0.1, 0.15) is 26.7 Å². The third-order valence-corrected chi connectivity index (χ3v) is 3.73. The van der Waals surface area contributed by atoms with Crippen LogP contribution in [0.2, 0.25) is 0 Å². The summed E-state index contributed by atoms with van der Waals surface area (Å²) in [7, 11) is 0. The normalized spacial score (nSPS) is 28.8. The van der Waals surface area contributed by atoms with Crippen LogP contribution in [0.4, 0.5) is 0 Å². The smallest absolute Gasteiger partial charge is 0.236 e. The summed E-state index contributed by atoms with van der Waals surface area (Å²) in [6, 6.07) is 1.05. The van der Waals surface area contributed by atoms with Gasteiger partial charge in [0.15, 0.2) is 0 Å². The van der Waals surface area contributed by atoms with Crippen molar-refractivity contribution in [2.75, 3.05) is 32.7 Å². The molecule has 0 aromatic carbocycles. The van der Waals surface area contributed by atoms with Crippen molar-refractivity contribution >= 4 is 5.91 Å². The maximum absolute atomic E-state index is 11.8. The van der Waals surface area contributed by atoms with Crippen molar-refractivity contribution in [3.8, 4) is 0 Å². The lowest BCUT2D eigenvalue weighted by Crippen LogP contribution is -2.57. The van der Waals surface area contributed by atoms with Gasteiger partial charge in [-0.15, -0.1) is 0 Å². The van der Waals surface area contributed by atoms with Crippen LogP contribution < -0.4 is 5.32 Å². The summed E-state index contributed by atoms with van der Waals surface area (Å²) in [5, 5.41) is 3.13. The second-order valence-corrected chi connectivity index (χ2v) is 5.15. The van der Waals surface area contributed by atoms with E-state index in [9.17, 15) is 4.79 Å². The molecule has 2 aliphatic heterocycles. The fourth-order valence-electron chi connectivity index (χ4n) is 2.71. The summed E-state index contributed by atoms with van der Waals surface area (Å²) in [4.78, 5) is 16.4. The van der Waals surface area contributed by atoms with Crippen LogP contribution in [0, 0.1) is 0 Å². The Kier molecular flexibility index (Phi) is 3.82. The maximum atomic E-state index is 11.8. The van der Waals surface area contributed by atoms with E-state index in [2.05, 4.69) is 29.0 Å². The minimum atomic E-state index is 0.279. The van der Waals surface area contributed by atoms with Gasteiger partial charge in [0, 0.05) is 31.7 Å². The van der Waals surface area contributed by atoms with Crippen LogP contribution in [0.25, 0.3) is 0 Å². The number of likely N-dealkylation sites (tertiary alicyclic amines) is 1. The molecule has 4 heteroatoms. The van der Waals surface area contributed by atoms with Gasteiger partial charge in [-0.05, 0) is 33.2 Å². The molecule has 0 bridgehead atoms. The van der Waals surface area contributed by atoms with Gasteiger partial charge in [0.05, 0.1) is 6.54 Å². The van der Waals surface area contributed by atoms with Crippen LogP contribution in [0.3, 0.4) is 0 Å². The molecule has 2 saturated heterocycles. The fourth-order valence-corrected chi connectivity index (χ4v) is 2.71. The second kappa shape index (κ2) is 5.15. The molecule has 0 radical (unpaired) electrons. The van der Waals surface area contributed by atoms with Crippen molar-refractivity contribution in [2.45, 2.75) is 38.8 Å². The van der Waals surface area contributed by atoms with E-state index in [0.29, 0.717) is 18.6 Å². The summed E-state index contributed by atoms with van der Waals surface area (Å²) in [6.45, 7) is 9.08. The Morgan fingerprint density at radius 2 is 2.19 bits per heavy atom. The Hall–Kier alpha value is -0.610. The zero-order valence-electron chi connectivity index (χ0n) is 10.4. The van der Waals surface area contributed by atoms with Gasteiger partial charge in [0.25, 0.3) is 0 Å². The Morgan fingerprint density at radius 3 is 2.88 bits per heavy atom. The van der Waals surface area contributed by atoms with Gasteiger partial charge in [0.2, 0.25) is 5.91 Å². The van der Waals surface area contributed by atoms with Crippen LogP contribution in [-0.2, 0) is 4.79 Å². The van der Waals surface area contributed by atoms with Crippen molar-refractivity contribution in [1.29, 1.82) is 0 Å². The predicted molar refractivity (Wildman–Crippen MR) is 64.3 cm³/mol. The molecular weight excluding hydrogens is 202 g/mol. The molecule has 2 rings (SSSR count). The lowest BCUT2D eigenvalue weighted by atomic mass is 10.0. The highest BCUT2D eigenvalue weighted by atomic mass is 16.2. The largest absolute Gasteiger partial charge is 0.336 e. The lowest BCUT2D eigenvalue weighted by molar-refractivity contribution is -0.135. The highest BCUT2D eigenvalue weighted by Gasteiger charge is 2.30. The Labute approximate surface area is 98.0 Å². The average Bonchev–Trinajstić information content (AvgIpc) is 2.30. The highest BCUT2D eigenvalue weighted by molar-refractivity contribution is 5.79. The number of nitrogens with zero attached hydrogens (tertiary/aromatic N) is 2. The molecule has 0 aromatic heterocycles. The van der Waals surface area contributed by atoms with E-state index in [1.54, 1.807) is 0 Å². The Morgan fingerprint density at radius 1 is 1.38 bits per heavy atom. The van der Waals surface area contributed by atoms with E-state index in [4.69, 9.17) is 0 Å². The summed E-state index contributed by atoms with van der Waals surface area (Å²) in [6.07, 6.45) is 2.40. The summed E-state index contributed by atoms with van der Waals surface area (Å²) >= 11 is 0. The SMILES string of the molecule is CC(C)N1CCCC(N2CCNCC2=O)C1. The number of nitrogens with one attached hydrogen (secondary N) is 1. The van der Waals surface area contributed by atoms with Crippen LogP contribution in [0.15, 0.2) is 0 Å². The number of piperidine rings is 1. The van der Waals surface area contributed by atoms with Crippen molar-refractivity contribution < 1.29 is 4.79 Å². The third kappa shape index (κ3) is 2.55. The molecule has 0 aromatic rings. The number of hydrogen-bond donors (Lipinski definition) is 1. The zero-order chi connectivity index (χ0) is 11.5. The molecule has 92 valence electrons. The standard InChI is InChI=1S/C12H23N3O/c1-10(2)14-6-3-4-11(9-14)15-7-5-13-8-12(15)16/h10-11,13H,3-9H2,1-2H3. The monoisotopic (exact) mass is 225 g/mol. The van der Waals surface area contributed by atoms with Gasteiger partial charge in [-0.2, -0.15) is 0 Å². The minimum absolute atomic E-state index is 0.279. The maximum Gasteiger partial charge on any atom is 0.236 e. The number of amides is 1. The molecule has 2 fully saturated rings. The summed E-state index contributed by atoms with van der Waals surface area (Å²) in [5.41, 5.74) is 0. The van der Waals surface area contributed by atoms with E-state index in [-0.39, 0.29) is 5.91 Å². The van der Waals surface area contributed by atoms with Crippen molar-refractivity contribution in [2.24, 2.45) is 0 Å². The minimum Gasteiger partial charge on any atom is -0.336 e. The van der Waals surface area contributed by atoms with E-state index in [1.807, 2.05) is 0 Å². The molecule has 1 amide bonds. The summed E-state index contributed by atoms with van der Waals surface area (Å²) in [5.74, 6) is 0.279. The van der Waals surface area contributed by atoms with E-state index < -0.39 is 0 Å². The first-order chi connectivity index (χ1) is 7.68. The average molecular weight is 225 g/mol. The van der Waals surface area contributed by atoms with E-state index in [1.165, 1.54) is 19.4 Å². The second-order valence-electron chi connectivity index (χ2n) is 5.15. The van der Waals surface area contributed by atoms with Crippen molar-refractivity contribution in [3.05, 3.63) is 0 Å². The quantitative estimate of drug-likeness (QED) is 0.734. The molecule has 0 saturated carbocycles. The van der Waals surface area contributed by atoms with Crippen LogP contribution in [0.5, 0.6) is 0 Å². The first-order valence-electron chi connectivity index (χ1n) is 6.42. The predicted octanol–water partition coefficient (Wildman–Crippen LogP) is 0.291. The van der Waals surface area contributed by atoms with Gasteiger partial charge in [-0.25, -0.2) is 0 Å². The van der Waals surface area contributed by atoms with Crippen molar-refractivity contribution in [3.63, 3.8) is 0 Å². The highest BCUT2D eigenvalue weighted by Crippen LogP contribution is 2.18. The molecular formula is C12H23N3O. The Balaban J connectivity index is 1.95. The van der Waals surface area contributed by atoms with Crippen molar-refractivity contribution in [1.82, 2.24) is 15.1 Å². The molecule has 4 nitrogen and oxygen atoms in total. The number of carbonyl (C=O) groups excluding carboxylic acids is 1. The van der Waals surface area contributed by atoms with Gasteiger partial charge >= 0.3 is 0 Å². The van der Waals surface area contributed by atoms with E-state index >= 15 is 0 Å². The molecule has 1 unspecified atom stereocenters. The van der Waals surface area contributed by atoms with Crippen LogP contribution >= 0.6 is 0 Å². The van der Waals surface area contributed by atoms with Gasteiger partial charge in [-0.1, -0.05) is 0 Å². The molecule has 1 atom stereocenters. The summed E-state index contributed by atoms with van der Waals surface area (Å²) < 4.78 is 0. The topological polar surface area (TPSA) is 35.6 Å². The number of piperazine rings is 1. The van der Waals surface area contributed by atoms with Gasteiger partial charge in [-0.3, -0.25) is 9.69 Å². The number of carbonyl (C=O) groups is 1. The van der Waals surface area contributed by atoms with E-state index in [0.717, 1.165) is 19.6 Å². The molecule has 0 spiro atoms. The van der Waals surface area contributed by atoms with Gasteiger partial charge in [0.1, 0.15) is 0 Å². The van der Waals surface area contributed by atoms with Gasteiger partial charge < -0.3 is 10.2 Å².